The van der Waals surface area contributed by atoms with Crippen LogP contribution in [-0.2, 0) is 4.74 Å². The van der Waals surface area contributed by atoms with Crippen LogP contribution in [0.5, 0.6) is 0 Å². The van der Waals surface area contributed by atoms with Crippen molar-refractivity contribution in [3.8, 4) is 6.07 Å². The lowest BCUT2D eigenvalue weighted by molar-refractivity contribution is 0.0802. The molecule has 116 valence electrons. The van der Waals surface area contributed by atoms with Crippen LogP contribution in [0.4, 0.5) is 0 Å². The summed E-state index contributed by atoms with van der Waals surface area (Å²) in [5.74, 6) is 0. The van der Waals surface area contributed by atoms with Gasteiger partial charge in [0.1, 0.15) is 5.54 Å². The molecule has 0 aromatic heterocycles. The van der Waals surface area contributed by atoms with E-state index in [4.69, 9.17) is 4.74 Å². The minimum atomic E-state index is -0.362. The zero-order chi connectivity index (χ0) is 15.0. The Labute approximate surface area is 124 Å². The molecule has 0 saturated carbocycles. The third kappa shape index (κ3) is 5.78. The maximum Gasteiger partial charge on any atom is 0.106 e. The van der Waals surface area contributed by atoms with Gasteiger partial charge in [-0.15, -0.1) is 0 Å². The zero-order valence-corrected chi connectivity index (χ0v) is 13.6. The van der Waals surface area contributed by atoms with Crippen molar-refractivity contribution in [1.82, 2.24) is 10.2 Å². The Morgan fingerprint density at radius 3 is 2.75 bits per heavy atom. The Hall–Kier alpha value is -0.630. The zero-order valence-electron chi connectivity index (χ0n) is 13.6. The molecule has 20 heavy (non-hydrogen) atoms. The van der Waals surface area contributed by atoms with E-state index in [1.165, 1.54) is 12.8 Å². The fourth-order valence-corrected chi connectivity index (χ4v) is 2.95. The molecule has 1 N–H and O–H groups in total. The molecule has 4 heteroatoms. The number of nitrogens with zero attached hydrogens (tertiary/aromatic N) is 2. The number of likely N-dealkylation sites (N-methyl/N-ethyl adjacent to an activating group) is 1. The summed E-state index contributed by atoms with van der Waals surface area (Å²) in [7, 11) is 2.15. The minimum Gasteiger partial charge on any atom is -0.377 e. The van der Waals surface area contributed by atoms with Crippen molar-refractivity contribution < 1.29 is 4.74 Å². The van der Waals surface area contributed by atoms with Gasteiger partial charge in [0.25, 0.3) is 0 Å². The van der Waals surface area contributed by atoms with Crippen LogP contribution in [0.25, 0.3) is 0 Å². The monoisotopic (exact) mass is 281 g/mol. The first-order chi connectivity index (χ1) is 9.51. The Balaban J connectivity index is 2.30. The first-order valence-corrected chi connectivity index (χ1v) is 8.00. The van der Waals surface area contributed by atoms with Crippen molar-refractivity contribution in [2.24, 2.45) is 0 Å². The molecule has 1 saturated heterocycles. The second-order valence-electron chi connectivity index (χ2n) is 6.35. The van der Waals surface area contributed by atoms with Crippen molar-refractivity contribution in [3.05, 3.63) is 0 Å². The van der Waals surface area contributed by atoms with Gasteiger partial charge in [0, 0.05) is 19.2 Å². The van der Waals surface area contributed by atoms with E-state index in [1.54, 1.807) is 0 Å². The summed E-state index contributed by atoms with van der Waals surface area (Å²) in [6.07, 6.45) is 5.62. The number of nitrogens with one attached hydrogen (secondary N) is 1. The topological polar surface area (TPSA) is 48.3 Å². The highest BCUT2D eigenvalue weighted by Crippen LogP contribution is 2.18. The third-order valence-corrected chi connectivity index (χ3v) is 4.07. The molecule has 1 heterocycles. The molecule has 0 aromatic carbocycles. The Bertz CT molecular complexity index is 307. The highest BCUT2D eigenvalue weighted by molar-refractivity contribution is 5.06. The van der Waals surface area contributed by atoms with Crippen LogP contribution in [0.2, 0.25) is 0 Å². The van der Waals surface area contributed by atoms with Crippen molar-refractivity contribution in [2.45, 2.75) is 70.6 Å². The molecule has 0 aromatic rings. The molecule has 0 amide bonds. The molecule has 1 aliphatic heterocycles. The van der Waals surface area contributed by atoms with Crippen LogP contribution in [-0.4, -0.2) is 49.3 Å². The Morgan fingerprint density at radius 1 is 1.50 bits per heavy atom. The van der Waals surface area contributed by atoms with Gasteiger partial charge >= 0.3 is 0 Å². The molecule has 2 unspecified atom stereocenters. The average Bonchev–Trinajstić information content (AvgIpc) is 2.89. The fraction of sp³-hybridized carbons (Fsp3) is 0.938. The lowest BCUT2D eigenvalue weighted by Gasteiger charge is -2.30. The Kier molecular flexibility index (Phi) is 7.50. The van der Waals surface area contributed by atoms with E-state index in [0.717, 1.165) is 39.0 Å². The second kappa shape index (κ2) is 8.61. The highest BCUT2D eigenvalue weighted by Gasteiger charge is 2.28. The van der Waals surface area contributed by atoms with Crippen LogP contribution in [0.15, 0.2) is 0 Å². The summed E-state index contributed by atoms with van der Waals surface area (Å²) in [5, 5.41) is 12.9. The molecule has 0 spiro atoms. The van der Waals surface area contributed by atoms with Gasteiger partial charge in [-0.05, 0) is 59.5 Å². The van der Waals surface area contributed by atoms with E-state index in [0.29, 0.717) is 12.1 Å². The third-order valence-electron chi connectivity index (χ3n) is 4.07. The molecule has 1 rings (SSSR count). The highest BCUT2D eigenvalue weighted by atomic mass is 16.5. The molecule has 2 atom stereocenters. The molecular weight excluding hydrogens is 250 g/mol. The quantitative estimate of drug-likeness (QED) is 0.705. The maximum atomic E-state index is 9.47. The summed E-state index contributed by atoms with van der Waals surface area (Å²) in [6.45, 7) is 9.27. The van der Waals surface area contributed by atoms with Gasteiger partial charge in [-0.1, -0.05) is 6.92 Å². The summed E-state index contributed by atoms with van der Waals surface area (Å²) >= 11 is 0. The van der Waals surface area contributed by atoms with Crippen molar-refractivity contribution in [1.29, 1.82) is 5.26 Å². The maximum absolute atomic E-state index is 9.47. The smallest absolute Gasteiger partial charge is 0.106 e. The van der Waals surface area contributed by atoms with Gasteiger partial charge < -0.3 is 9.64 Å². The lowest BCUT2D eigenvalue weighted by Crippen LogP contribution is -2.47. The second-order valence-corrected chi connectivity index (χ2v) is 6.35. The van der Waals surface area contributed by atoms with Gasteiger partial charge in [0.2, 0.25) is 0 Å². The van der Waals surface area contributed by atoms with Gasteiger partial charge in [0.05, 0.1) is 12.2 Å². The van der Waals surface area contributed by atoms with Gasteiger partial charge in [-0.3, -0.25) is 5.32 Å². The largest absolute Gasteiger partial charge is 0.377 e. The van der Waals surface area contributed by atoms with Gasteiger partial charge in [0.15, 0.2) is 0 Å². The van der Waals surface area contributed by atoms with Crippen LogP contribution in [0.3, 0.4) is 0 Å². The molecule has 0 aliphatic carbocycles. The van der Waals surface area contributed by atoms with Crippen LogP contribution in [0, 0.1) is 11.3 Å². The van der Waals surface area contributed by atoms with E-state index in [1.807, 2.05) is 0 Å². The van der Waals surface area contributed by atoms with Gasteiger partial charge in [-0.2, -0.15) is 5.26 Å². The SMILES string of the molecule is CCC(C#N)(CCCN(C)CC1CCCO1)NC(C)C. The van der Waals surface area contributed by atoms with Crippen LogP contribution in [0.1, 0.15) is 52.9 Å². The summed E-state index contributed by atoms with van der Waals surface area (Å²) < 4.78 is 5.66. The first-order valence-electron chi connectivity index (χ1n) is 8.00. The van der Waals surface area contributed by atoms with Crippen LogP contribution >= 0.6 is 0 Å². The fourth-order valence-electron chi connectivity index (χ4n) is 2.95. The molecular formula is C16H31N3O. The van der Waals surface area contributed by atoms with E-state index in [2.05, 4.69) is 44.1 Å². The number of nitriles is 1. The standard InChI is InChI=1S/C16H31N3O/c1-5-16(13-17,18-14(2)3)9-7-10-19(4)12-15-8-6-11-20-15/h14-15,18H,5-12H2,1-4H3. The minimum absolute atomic E-state index is 0.346. The lowest BCUT2D eigenvalue weighted by atomic mass is 9.91. The van der Waals surface area contributed by atoms with E-state index >= 15 is 0 Å². The summed E-state index contributed by atoms with van der Waals surface area (Å²) in [5.41, 5.74) is -0.362. The summed E-state index contributed by atoms with van der Waals surface area (Å²) in [6, 6.07) is 2.84. The van der Waals surface area contributed by atoms with E-state index in [-0.39, 0.29) is 5.54 Å². The Morgan fingerprint density at radius 2 is 2.25 bits per heavy atom. The average molecular weight is 281 g/mol. The van der Waals surface area contributed by atoms with Crippen molar-refractivity contribution in [3.63, 3.8) is 0 Å². The van der Waals surface area contributed by atoms with Crippen molar-refractivity contribution >= 4 is 0 Å². The molecule has 1 aliphatic rings. The first kappa shape index (κ1) is 17.4. The van der Waals surface area contributed by atoms with E-state index < -0.39 is 0 Å². The number of rotatable bonds is 9. The van der Waals surface area contributed by atoms with Crippen molar-refractivity contribution in [2.75, 3.05) is 26.7 Å². The van der Waals surface area contributed by atoms with Crippen LogP contribution < -0.4 is 5.32 Å². The molecule has 0 radical (unpaired) electrons. The summed E-state index contributed by atoms with van der Waals surface area (Å²) in [4.78, 5) is 2.34. The number of hydrogen-bond donors (Lipinski definition) is 1. The predicted molar refractivity (Wildman–Crippen MR) is 82.6 cm³/mol. The molecule has 0 bridgehead atoms. The number of hydrogen-bond acceptors (Lipinski definition) is 4. The normalized spacial score (nSPS) is 22.1. The van der Waals surface area contributed by atoms with E-state index in [9.17, 15) is 5.26 Å². The predicted octanol–water partition coefficient (Wildman–Crippen LogP) is 2.55. The molecule has 1 fully saturated rings. The molecule has 4 nitrogen and oxygen atoms in total. The van der Waals surface area contributed by atoms with Gasteiger partial charge in [-0.25, -0.2) is 0 Å². The number of ether oxygens (including phenoxy) is 1.